The molecule has 22 heavy (non-hydrogen) atoms. The van der Waals surface area contributed by atoms with Crippen LogP contribution in [0.2, 0.25) is 5.02 Å². The van der Waals surface area contributed by atoms with Gasteiger partial charge in [-0.3, -0.25) is 9.88 Å². The fraction of sp³-hybridized carbons (Fsp3) is 0.471. The molecule has 1 aliphatic heterocycles. The van der Waals surface area contributed by atoms with Gasteiger partial charge in [0.05, 0.1) is 29.1 Å². The van der Waals surface area contributed by atoms with Crippen LogP contribution < -0.4 is 4.74 Å². The molecule has 0 amide bonds. The first-order valence-corrected chi connectivity index (χ1v) is 8.02. The molecule has 1 aromatic heterocycles. The summed E-state index contributed by atoms with van der Waals surface area (Å²) in [4.78, 5) is 6.95. The Morgan fingerprint density at radius 2 is 2.05 bits per heavy atom. The molecule has 0 unspecified atom stereocenters. The van der Waals surface area contributed by atoms with Gasteiger partial charge < -0.3 is 9.47 Å². The molecule has 118 valence electrons. The largest absolute Gasteiger partial charge is 0.491 e. The Balaban J connectivity index is 1.77. The maximum absolute atomic E-state index is 6.42. The van der Waals surface area contributed by atoms with Crippen molar-refractivity contribution >= 4 is 22.5 Å². The van der Waals surface area contributed by atoms with Crippen LogP contribution in [0.15, 0.2) is 18.2 Å². The van der Waals surface area contributed by atoms with Gasteiger partial charge in [0.15, 0.2) is 0 Å². The second kappa shape index (κ2) is 6.82. The molecule has 1 saturated heterocycles. The van der Waals surface area contributed by atoms with E-state index in [0.717, 1.165) is 60.8 Å². The summed E-state index contributed by atoms with van der Waals surface area (Å²) in [6, 6.07) is 5.91. The van der Waals surface area contributed by atoms with Gasteiger partial charge in [0.1, 0.15) is 12.4 Å². The first kappa shape index (κ1) is 15.5. The van der Waals surface area contributed by atoms with Gasteiger partial charge in [-0.25, -0.2) is 0 Å². The summed E-state index contributed by atoms with van der Waals surface area (Å²) < 4.78 is 11.3. The topological polar surface area (TPSA) is 34.6 Å². The molecular formula is C17H21ClN2O2. The number of ether oxygens (including phenoxy) is 2. The van der Waals surface area contributed by atoms with Crippen LogP contribution in [-0.2, 0) is 4.74 Å². The van der Waals surface area contributed by atoms with Gasteiger partial charge in [-0.05, 0) is 31.5 Å². The fourth-order valence-electron chi connectivity index (χ4n) is 2.75. The monoisotopic (exact) mass is 320 g/mol. The fourth-order valence-corrected chi connectivity index (χ4v) is 3.09. The molecule has 1 fully saturated rings. The number of hydrogen-bond acceptors (Lipinski definition) is 4. The summed E-state index contributed by atoms with van der Waals surface area (Å²) in [6.07, 6.45) is 0. The quantitative estimate of drug-likeness (QED) is 0.866. The predicted octanol–water partition coefficient (Wildman–Crippen LogP) is 3.22. The smallest absolute Gasteiger partial charge is 0.130 e. The van der Waals surface area contributed by atoms with Crippen molar-refractivity contribution in [3.63, 3.8) is 0 Å². The van der Waals surface area contributed by atoms with Crippen molar-refractivity contribution in [3.05, 3.63) is 34.5 Å². The number of aryl methyl sites for hydroxylation is 2. The Morgan fingerprint density at radius 3 is 2.82 bits per heavy atom. The maximum Gasteiger partial charge on any atom is 0.130 e. The Hall–Kier alpha value is -1.36. The lowest BCUT2D eigenvalue weighted by molar-refractivity contribution is 0.0323. The highest BCUT2D eigenvalue weighted by molar-refractivity contribution is 6.36. The highest BCUT2D eigenvalue weighted by Gasteiger charge is 2.13. The van der Waals surface area contributed by atoms with Gasteiger partial charge in [0.2, 0.25) is 0 Å². The van der Waals surface area contributed by atoms with Crippen LogP contribution in [0.1, 0.15) is 11.3 Å². The van der Waals surface area contributed by atoms with Gasteiger partial charge >= 0.3 is 0 Å². The highest BCUT2D eigenvalue weighted by atomic mass is 35.5. The minimum absolute atomic E-state index is 0.641. The number of nitrogens with zero attached hydrogens (tertiary/aromatic N) is 2. The van der Waals surface area contributed by atoms with Crippen molar-refractivity contribution in [1.29, 1.82) is 0 Å². The number of pyridine rings is 1. The molecule has 2 aromatic rings. The summed E-state index contributed by atoms with van der Waals surface area (Å²) in [5.41, 5.74) is 2.96. The molecule has 1 aliphatic rings. The van der Waals surface area contributed by atoms with E-state index < -0.39 is 0 Å². The number of fused-ring (bicyclic) bond motifs is 1. The summed E-state index contributed by atoms with van der Waals surface area (Å²) >= 11 is 6.42. The molecule has 0 spiro atoms. The molecule has 2 heterocycles. The van der Waals surface area contributed by atoms with E-state index in [2.05, 4.69) is 9.88 Å². The molecule has 0 radical (unpaired) electrons. The van der Waals surface area contributed by atoms with Crippen molar-refractivity contribution in [3.8, 4) is 5.75 Å². The minimum atomic E-state index is 0.641. The van der Waals surface area contributed by atoms with E-state index in [9.17, 15) is 0 Å². The number of aromatic nitrogens is 1. The molecule has 0 bridgehead atoms. The summed E-state index contributed by atoms with van der Waals surface area (Å²) in [6.45, 7) is 9.10. The van der Waals surface area contributed by atoms with Crippen LogP contribution in [0.3, 0.4) is 0 Å². The SMILES string of the molecule is Cc1cc(Cl)c2c(OCCN3CCOCC3)ccc(C)c2n1. The Bertz CT molecular complexity index is 669. The van der Waals surface area contributed by atoms with Crippen LogP contribution in [-0.4, -0.2) is 49.3 Å². The molecule has 0 saturated carbocycles. The average molecular weight is 321 g/mol. The normalized spacial score (nSPS) is 16.1. The minimum Gasteiger partial charge on any atom is -0.491 e. The van der Waals surface area contributed by atoms with Crippen molar-refractivity contribution in [2.45, 2.75) is 13.8 Å². The Labute approximate surface area is 136 Å². The lowest BCUT2D eigenvalue weighted by atomic mass is 10.1. The van der Waals surface area contributed by atoms with Crippen LogP contribution in [0.4, 0.5) is 0 Å². The Morgan fingerprint density at radius 1 is 1.27 bits per heavy atom. The molecule has 0 atom stereocenters. The first-order chi connectivity index (χ1) is 10.6. The lowest BCUT2D eigenvalue weighted by Crippen LogP contribution is -2.38. The van der Waals surface area contributed by atoms with Crippen LogP contribution in [0, 0.1) is 13.8 Å². The zero-order valence-electron chi connectivity index (χ0n) is 13.1. The average Bonchev–Trinajstić information content (AvgIpc) is 2.51. The van der Waals surface area contributed by atoms with E-state index in [-0.39, 0.29) is 0 Å². The molecule has 5 heteroatoms. The van der Waals surface area contributed by atoms with Gasteiger partial charge in [-0.1, -0.05) is 17.7 Å². The molecule has 0 aliphatic carbocycles. The zero-order chi connectivity index (χ0) is 15.5. The standard InChI is InChI=1S/C17H21ClN2O2/c1-12-3-4-15(16-14(18)11-13(2)19-17(12)16)22-10-7-20-5-8-21-9-6-20/h3-4,11H,5-10H2,1-2H3. The highest BCUT2D eigenvalue weighted by Crippen LogP contribution is 2.33. The molecule has 0 N–H and O–H groups in total. The van der Waals surface area contributed by atoms with Crippen molar-refractivity contribution in [2.24, 2.45) is 0 Å². The van der Waals surface area contributed by atoms with E-state index in [1.54, 1.807) is 0 Å². The van der Waals surface area contributed by atoms with Gasteiger partial charge in [0.25, 0.3) is 0 Å². The van der Waals surface area contributed by atoms with Crippen molar-refractivity contribution in [2.75, 3.05) is 39.5 Å². The number of morpholine rings is 1. The van der Waals surface area contributed by atoms with Crippen LogP contribution >= 0.6 is 11.6 Å². The second-order valence-corrected chi connectivity index (χ2v) is 6.06. The zero-order valence-corrected chi connectivity index (χ0v) is 13.8. The maximum atomic E-state index is 6.42. The first-order valence-electron chi connectivity index (χ1n) is 7.64. The summed E-state index contributed by atoms with van der Waals surface area (Å²) in [5.74, 6) is 0.811. The molecule has 1 aromatic carbocycles. The number of hydrogen-bond donors (Lipinski definition) is 0. The van der Waals surface area contributed by atoms with E-state index in [1.165, 1.54) is 0 Å². The van der Waals surface area contributed by atoms with Crippen LogP contribution in [0.5, 0.6) is 5.75 Å². The van der Waals surface area contributed by atoms with Crippen LogP contribution in [0.25, 0.3) is 10.9 Å². The molecule has 3 rings (SSSR count). The molecule has 4 nitrogen and oxygen atoms in total. The number of benzene rings is 1. The van der Waals surface area contributed by atoms with Gasteiger partial charge in [0, 0.05) is 25.3 Å². The van der Waals surface area contributed by atoms with E-state index in [1.807, 2.05) is 32.0 Å². The third-order valence-electron chi connectivity index (χ3n) is 3.97. The third kappa shape index (κ3) is 3.35. The number of halogens is 1. The predicted molar refractivity (Wildman–Crippen MR) is 89.0 cm³/mol. The summed E-state index contributed by atoms with van der Waals surface area (Å²) in [7, 11) is 0. The molecular weight excluding hydrogens is 300 g/mol. The van der Waals surface area contributed by atoms with Gasteiger partial charge in [-0.2, -0.15) is 0 Å². The van der Waals surface area contributed by atoms with Crippen molar-refractivity contribution < 1.29 is 9.47 Å². The number of rotatable bonds is 4. The Kier molecular flexibility index (Phi) is 4.81. The van der Waals surface area contributed by atoms with E-state index in [0.29, 0.717) is 11.6 Å². The summed E-state index contributed by atoms with van der Waals surface area (Å²) in [5, 5.41) is 1.61. The lowest BCUT2D eigenvalue weighted by Gasteiger charge is -2.26. The van der Waals surface area contributed by atoms with E-state index >= 15 is 0 Å². The second-order valence-electron chi connectivity index (χ2n) is 5.65. The van der Waals surface area contributed by atoms with Crippen molar-refractivity contribution in [1.82, 2.24) is 9.88 Å². The van der Waals surface area contributed by atoms with E-state index in [4.69, 9.17) is 21.1 Å². The third-order valence-corrected chi connectivity index (χ3v) is 4.27. The van der Waals surface area contributed by atoms with Gasteiger partial charge in [-0.15, -0.1) is 0 Å².